The predicted octanol–water partition coefficient (Wildman–Crippen LogP) is 3.96. The van der Waals surface area contributed by atoms with Crippen molar-refractivity contribution in [3.63, 3.8) is 0 Å². The van der Waals surface area contributed by atoms with Crippen molar-refractivity contribution in [3.05, 3.63) is 29.8 Å². The summed E-state index contributed by atoms with van der Waals surface area (Å²) in [6.45, 7) is 2.41. The summed E-state index contributed by atoms with van der Waals surface area (Å²) in [5.41, 5.74) is 0.382. The van der Waals surface area contributed by atoms with Gasteiger partial charge in [0, 0.05) is 0 Å². The van der Waals surface area contributed by atoms with Crippen molar-refractivity contribution in [2.45, 2.75) is 44.6 Å². The van der Waals surface area contributed by atoms with E-state index in [1.165, 1.54) is 6.42 Å². The predicted molar refractivity (Wildman–Crippen MR) is 94.5 cm³/mol. The molecule has 0 N–H and O–H groups in total. The minimum absolute atomic E-state index is 0.173. The van der Waals surface area contributed by atoms with E-state index in [1.54, 1.807) is 14.2 Å². The molecule has 136 valence electrons. The molecule has 1 heterocycles. The number of hydrogen-bond acceptors (Lipinski definition) is 5. The van der Waals surface area contributed by atoms with Gasteiger partial charge in [-0.05, 0) is 50.8 Å². The first-order valence-corrected chi connectivity index (χ1v) is 8.94. The molecule has 1 aromatic rings. The normalized spacial score (nSPS) is 22.1. The number of esters is 1. The molecule has 0 radical (unpaired) electrons. The third kappa shape index (κ3) is 3.20. The summed E-state index contributed by atoms with van der Waals surface area (Å²) in [5.74, 6) is 1.48. The summed E-state index contributed by atoms with van der Waals surface area (Å²) in [5, 5.41) is 0. The number of methoxy groups -OCH3 is 2. The Hall–Kier alpha value is -2.17. The number of carbonyl (C=O) groups is 1. The van der Waals surface area contributed by atoms with Crippen molar-refractivity contribution >= 4 is 11.7 Å². The van der Waals surface area contributed by atoms with Crippen LogP contribution in [0.1, 0.15) is 44.6 Å². The second-order valence-corrected chi connectivity index (χ2v) is 6.53. The van der Waals surface area contributed by atoms with Gasteiger partial charge in [0.05, 0.1) is 20.8 Å². The molecule has 1 aliphatic heterocycles. The summed E-state index contributed by atoms with van der Waals surface area (Å²) in [6, 6.07) is 5.59. The van der Waals surface area contributed by atoms with Crippen LogP contribution < -0.4 is 9.47 Å². The van der Waals surface area contributed by atoms with Crippen molar-refractivity contribution < 1.29 is 23.7 Å². The Morgan fingerprint density at radius 2 is 1.84 bits per heavy atom. The first-order valence-electron chi connectivity index (χ1n) is 8.94. The highest BCUT2D eigenvalue weighted by Gasteiger charge is 2.55. The molecule has 1 spiro atoms. The van der Waals surface area contributed by atoms with E-state index in [2.05, 4.69) is 0 Å². The van der Waals surface area contributed by atoms with Crippen LogP contribution in [0.5, 0.6) is 11.5 Å². The number of rotatable bonds is 6. The molecule has 1 unspecified atom stereocenters. The highest BCUT2D eigenvalue weighted by Crippen LogP contribution is 2.48. The second-order valence-electron chi connectivity index (χ2n) is 6.53. The van der Waals surface area contributed by atoms with E-state index in [4.69, 9.17) is 18.9 Å². The van der Waals surface area contributed by atoms with E-state index in [9.17, 15) is 4.79 Å². The third-order valence-corrected chi connectivity index (χ3v) is 5.12. The first kappa shape index (κ1) is 17.6. The zero-order valence-corrected chi connectivity index (χ0v) is 15.2. The fraction of sp³-hybridized carbons (Fsp3) is 0.550. The lowest BCUT2D eigenvalue weighted by atomic mass is 9.71. The topological polar surface area (TPSA) is 54.0 Å². The average Bonchev–Trinajstić information content (AvgIpc) is 2.65. The van der Waals surface area contributed by atoms with Crippen molar-refractivity contribution in [3.8, 4) is 11.5 Å². The number of benzene rings is 1. The summed E-state index contributed by atoms with van der Waals surface area (Å²) in [4.78, 5) is 12.2. The number of ether oxygens (including phenoxy) is 4. The van der Waals surface area contributed by atoms with Crippen molar-refractivity contribution in [2.24, 2.45) is 5.92 Å². The molecule has 0 aromatic heterocycles. The van der Waals surface area contributed by atoms with Crippen LogP contribution in [0.4, 0.5) is 0 Å². The molecule has 3 rings (SSSR count). The van der Waals surface area contributed by atoms with Gasteiger partial charge in [-0.25, -0.2) is 0 Å². The van der Waals surface area contributed by atoms with Gasteiger partial charge in [-0.1, -0.05) is 12.5 Å². The van der Waals surface area contributed by atoms with Crippen LogP contribution in [0.3, 0.4) is 0 Å². The SMILES string of the molecule is CCO/C(=C\C1C(=O)OC12CCCCC2)c1c(OC)cccc1OC. The highest BCUT2D eigenvalue weighted by molar-refractivity contribution is 5.85. The van der Waals surface area contributed by atoms with Crippen LogP contribution in [0.15, 0.2) is 24.3 Å². The molecule has 0 amide bonds. The molecule has 1 atom stereocenters. The average molecular weight is 346 g/mol. The molecule has 1 aliphatic carbocycles. The van der Waals surface area contributed by atoms with Gasteiger partial charge >= 0.3 is 5.97 Å². The molecule has 2 aliphatic rings. The van der Waals surface area contributed by atoms with Crippen molar-refractivity contribution in [1.82, 2.24) is 0 Å². The second kappa shape index (κ2) is 7.38. The van der Waals surface area contributed by atoms with Crippen LogP contribution in [0, 0.1) is 5.92 Å². The molecule has 5 heteroatoms. The summed E-state index contributed by atoms with van der Waals surface area (Å²) in [7, 11) is 3.23. The standard InChI is InChI=1S/C20H26O5/c1-4-24-17(18-15(22-2)9-8-10-16(18)23-3)13-14-19(21)25-20(14)11-6-5-7-12-20/h8-10,13-14H,4-7,11-12H2,1-3H3/b17-13-. The zero-order chi connectivity index (χ0) is 17.9. The Balaban J connectivity index is 2.01. The minimum atomic E-state index is -0.354. The molecular formula is C20H26O5. The van der Waals surface area contributed by atoms with Gasteiger partial charge in [0.1, 0.15) is 34.3 Å². The molecular weight excluding hydrogens is 320 g/mol. The lowest BCUT2D eigenvalue weighted by molar-refractivity contribution is -0.212. The van der Waals surface area contributed by atoms with E-state index in [-0.39, 0.29) is 17.5 Å². The Kier molecular flexibility index (Phi) is 5.21. The number of hydrogen-bond donors (Lipinski definition) is 0. The number of carbonyl (C=O) groups excluding carboxylic acids is 1. The van der Waals surface area contributed by atoms with E-state index in [0.717, 1.165) is 31.2 Å². The zero-order valence-electron chi connectivity index (χ0n) is 15.2. The fourth-order valence-electron chi connectivity index (χ4n) is 3.87. The van der Waals surface area contributed by atoms with Crippen LogP contribution >= 0.6 is 0 Å². The molecule has 1 saturated heterocycles. The lowest BCUT2D eigenvalue weighted by Crippen LogP contribution is -2.57. The monoisotopic (exact) mass is 346 g/mol. The van der Waals surface area contributed by atoms with Gasteiger partial charge in [0.25, 0.3) is 0 Å². The highest BCUT2D eigenvalue weighted by atomic mass is 16.6. The smallest absolute Gasteiger partial charge is 0.317 e. The summed E-state index contributed by atoms with van der Waals surface area (Å²) < 4.78 is 22.5. The van der Waals surface area contributed by atoms with Crippen molar-refractivity contribution in [2.75, 3.05) is 20.8 Å². The lowest BCUT2D eigenvalue weighted by Gasteiger charge is -2.48. The largest absolute Gasteiger partial charge is 0.496 e. The van der Waals surface area contributed by atoms with E-state index < -0.39 is 0 Å². The van der Waals surface area contributed by atoms with Crippen LogP contribution in [-0.4, -0.2) is 32.4 Å². The van der Waals surface area contributed by atoms with Gasteiger partial charge in [-0.15, -0.1) is 0 Å². The Labute approximate surface area is 148 Å². The quantitative estimate of drug-likeness (QED) is 0.576. The molecule has 25 heavy (non-hydrogen) atoms. The van der Waals surface area contributed by atoms with E-state index in [0.29, 0.717) is 23.9 Å². The maximum Gasteiger partial charge on any atom is 0.317 e. The third-order valence-electron chi connectivity index (χ3n) is 5.12. The maximum absolute atomic E-state index is 12.2. The molecule has 0 bridgehead atoms. The Bertz CT molecular complexity index is 636. The maximum atomic E-state index is 12.2. The first-order chi connectivity index (χ1) is 12.1. The fourth-order valence-corrected chi connectivity index (χ4v) is 3.87. The van der Waals surface area contributed by atoms with Gasteiger partial charge < -0.3 is 18.9 Å². The van der Waals surface area contributed by atoms with E-state index in [1.807, 2.05) is 31.2 Å². The molecule has 2 fully saturated rings. The van der Waals surface area contributed by atoms with Gasteiger partial charge in [-0.3, -0.25) is 4.79 Å². The van der Waals surface area contributed by atoms with Gasteiger partial charge in [0.2, 0.25) is 0 Å². The Morgan fingerprint density at radius 3 is 2.36 bits per heavy atom. The van der Waals surface area contributed by atoms with Gasteiger partial charge in [0.15, 0.2) is 0 Å². The van der Waals surface area contributed by atoms with Crippen LogP contribution in [0.2, 0.25) is 0 Å². The minimum Gasteiger partial charge on any atom is -0.496 e. The van der Waals surface area contributed by atoms with Crippen LogP contribution in [0.25, 0.3) is 5.76 Å². The molecule has 1 aromatic carbocycles. The van der Waals surface area contributed by atoms with Crippen molar-refractivity contribution in [1.29, 1.82) is 0 Å². The Morgan fingerprint density at radius 1 is 1.20 bits per heavy atom. The summed E-state index contributed by atoms with van der Waals surface area (Å²) in [6.07, 6.45) is 7.14. The molecule has 1 saturated carbocycles. The molecule has 5 nitrogen and oxygen atoms in total. The summed E-state index contributed by atoms with van der Waals surface area (Å²) >= 11 is 0. The van der Waals surface area contributed by atoms with Gasteiger partial charge in [-0.2, -0.15) is 0 Å². The van der Waals surface area contributed by atoms with Crippen LogP contribution in [-0.2, 0) is 14.3 Å². The van der Waals surface area contributed by atoms with E-state index >= 15 is 0 Å².